The van der Waals surface area contributed by atoms with Gasteiger partial charge in [-0.15, -0.1) is 0 Å². The quantitative estimate of drug-likeness (QED) is 0.784. The molecule has 1 aliphatic heterocycles. The lowest BCUT2D eigenvalue weighted by molar-refractivity contribution is -0.141. The van der Waals surface area contributed by atoms with Crippen molar-refractivity contribution in [3.8, 4) is 0 Å². The van der Waals surface area contributed by atoms with Crippen molar-refractivity contribution in [2.45, 2.75) is 63.1 Å². The van der Waals surface area contributed by atoms with Crippen LogP contribution >= 0.6 is 0 Å². The molecule has 17 heavy (non-hydrogen) atoms. The third-order valence-corrected chi connectivity index (χ3v) is 4.06. The minimum Gasteiger partial charge on any atom is -0.388 e. The predicted molar refractivity (Wildman–Crippen MR) is 64.6 cm³/mol. The van der Waals surface area contributed by atoms with E-state index < -0.39 is 11.2 Å². The van der Waals surface area contributed by atoms with Gasteiger partial charge >= 0.3 is 0 Å². The van der Waals surface area contributed by atoms with E-state index in [1.165, 1.54) is 6.42 Å². The zero-order valence-electron chi connectivity index (χ0n) is 10.6. The summed E-state index contributed by atoms with van der Waals surface area (Å²) >= 11 is 0. The second-order valence-corrected chi connectivity index (χ2v) is 5.65. The van der Waals surface area contributed by atoms with E-state index in [9.17, 15) is 9.90 Å². The van der Waals surface area contributed by atoms with Crippen LogP contribution in [-0.4, -0.2) is 35.4 Å². The summed E-state index contributed by atoms with van der Waals surface area (Å²) in [4.78, 5) is 12.0. The number of hydrogen-bond acceptors (Lipinski definition) is 3. The van der Waals surface area contributed by atoms with Crippen LogP contribution in [0.1, 0.15) is 51.9 Å². The predicted octanol–water partition coefficient (Wildman–Crippen LogP) is 1.37. The molecule has 0 radical (unpaired) electrons. The van der Waals surface area contributed by atoms with Crippen LogP contribution < -0.4 is 5.32 Å². The Morgan fingerprint density at radius 1 is 1.24 bits per heavy atom. The van der Waals surface area contributed by atoms with Gasteiger partial charge < -0.3 is 15.2 Å². The molecule has 2 aliphatic rings. The summed E-state index contributed by atoms with van der Waals surface area (Å²) in [6.07, 6.45) is 6.61. The fourth-order valence-electron chi connectivity index (χ4n) is 2.78. The summed E-state index contributed by atoms with van der Waals surface area (Å²) in [6, 6.07) is 0. The molecule has 1 saturated heterocycles. The van der Waals surface area contributed by atoms with Gasteiger partial charge in [0.25, 0.3) is 5.91 Å². The van der Waals surface area contributed by atoms with Crippen LogP contribution in [0.3, 0.4) is 0 Å². The van der Waals surface area contributed by atoms with Crippen LogP contribution in [0, 0.1) is 0 Å². The number of hydrogen-bond donors (Lipinski definition) is 2. The smallest absolute Gasteiger partial charge is 0.252 e. The average Bonchev–Trinajstić information content (AvgIpc) is 2.75. The summed E-state index contributed by atoms with van der Waals surface area (Å²) < 4.78 is 5.48. The molecular formula is C13H23NO3. The van der Waals surface area contributed by atoms with Crippen molar-refractivity contribution in [2.24, 2.45) is 0 Å². The van der Waals surface area contributed by atoms with Gasteiger partial charge in [0.2, 0.25) is 0 Å². The molecule has 0 aromatic carbocycles. The van der Waals surface area contributed by atoms with Crippen molar-refractivity contribution in [3.05, 3.63) is 0 Å². The molecule has 2 rings (SSSR count). The minimum atomic E-state index is -0.692. The van der Waals surface area contributed by atoms with E-state index in [0.29, 0.717) is 13.2 Å². The van der Waals surface area contributed by atoms with Crippen LogP contribution in [0.2, 0.25) is 0 Å². The first-order chi connectivity index (χ1) is 8.04. The molecular weight excluding hydrogens is 218 g/mol. The van der Waals surface area contributed by atoms with Gasteiger partial charge in [0.1, 0.15) is 5.60 Å². The second-order valence-electron chi connectivity index (χ2n) is 5.65. The molecule has 98 valence electrons. The molecule has 1 saturated carbocycles. The molecule has 2 N–H and O–H groups in total. The Balaban J connectivity index is 1.83. The van der Waals surface area contributed by atoms with E-state index >= 15 is 0 Å². The third kappa shape index (κ3) is 2.99. The van der Waals surface area contributed by atoms with E-state index in [1.807, 2.05) is 6.92 Å². The largest absolute Gasteiger partial charge is 0.388 e. The number of amides is 1. The molecule has 0 spiro atoms. The summed E-state index contributed by atoms with van der Waals surface area (Å²) in [5, 5.41) is 13.2. The number of aliphatic hydroxyl groups is 1. The second kappa shape index (κ2) is 4.94. The van der Waals surface area contributed by atoms with Crippen LogP contribution in [0.5, 0.6) is 0 Å². The first-order valence-electron chi connectivity index (χ1n) is 6.69. The molecule has 1 aliphatic carbocycles. The van der Waals surface area contributed by atoms with Gasteiger partial charge in [-0.05, 0) is 32.6 Å². The summed E-state index contributed by atoms with van der Waals surface area (Å²) in [5.74, 6) is -0.0750. The zero-order valence-corrected chi connectivity index (χ0v) is 10.6. The first kappa shape index (κ1) is 12.8. The zero-order chi connectivity index (χ0) is 12.4. The number of ether oxygens (including phenoxy) is 1. The highest BCUT2D eigenvalue weighted by Gasteiger charge is 2.39. The van der Waals surface area contributed by atoms with Crippen molar-refractivity contribution < 1.29 is 14.6 Å². The van der Waals surface area contributed by atoms with Crippen LogP contribution in [0.15, 0.2) is 0 Å². The molecule has 1 amide bonds. The summed E-state index contributed by atoms with van der Waals surface area (Å²) in [6.45, 7) is 2.86. The molecule has 4 nitrogen and oxygen atoms in total. The van der Waals surface area contributed by atoms with Crippen molar-refractivity contribution in [1.29, 1.82) is 0 Å². The Bertz CT molecular complexity index is 278. The van der Waals surface area contributed by atoms with E-state index in [2.05, 4.69) is 5.32 Å². The standard InChI is InChI=1S/C13H23NO3/c1-12(6-5-9-17-12)11(15)14-10-13(16)7-3-2-4-8-13/h16H,2-10H2,1H3,(H,14,15). The van der Waals surface area contributed by atoms with E-state index in [1.54, 1.807) is 0 Å². The minimum absolute atomic E-state index is 0.0750. The number of rotatable bonds is 3. The fourth-order valence-corrected chi connectivity index (χ4v) is 2.78. The highest BCUT2D eigenvalue weighted by Crippen LogP contribution is 2.28. The Hall–Kier alpha value is -0.610. The van der Waals surface area contributed by atoms with Gasteiger partial charge in [-0.2, -0.15) is 0 Å². The molecule has 0 aromatic heterocycles. The Morgan fingerprint density at radius 3 is 2.53 bits per heavy atom. The normalized spacial score (nSPS) is 32.4. The highest BCUT2D eigenvalue weighted by atomic mass is 16.5. The Labute approximate surface area is 103 Å². The van der Waals surface area contributed by atoms with Crippen LogP contribution in [0.25, 0.3) is 0 Å². The Kier molecular flexibility index (Phi) is 3.73. The SMILES string of the molecule is CC1(C(=O)NCC2(O)CCCCC2)CCCO1. The first-order valence-corrected chi connectivity index (χ1v) is 6.69. The molecule has 1 heterocycles. The number of nitrogens with one attached hydrogen (secondary N) is 1. The van der Waals surface area contributed by atoms with E-state index in [4.69, 9.17) is 4.74 Å². The van der Waals surface area contributed by atoms with Crippen molar-refractivity contribution in [1.82, 2.24) is 5.32 Å². The Morgan fingerprint density at radius 2 is 1.94 bits per heavy atom. The van der Waals surface area contributed by atoms with Crippen molar-refractivity contribution >= 4 is 5.91 Å². The van der Waals surface area contributed by atoms with Gasteiger partial charge in [-0.25, -0.2) is 0 Å². The molecule has 0 bridgehead atoms. The number of carbonyl (C=O) groups excluding carboxylic acids is 1. The lowest BCUT2D eigenvalue weighted by atomic mass is 9.84. The van der Waals surface area contributed by atoms with E-state index in [0.717, 1.165) is 38.5 Å². The molecule has 1 atom stereocenters. The van der Waals surface area contributed by atoms with Crippen molar-refractivity contribution in [2.75, 3.05) is 13.2 Å². The van der Waals surface area contributed by atoms with Gasteiger partial charge in [-0.1, -0.05) is 19.3 Å². The van der Waals surface area contributed by atoms with Crippen LogP contribution in [-0.2, 0) is 9.53 Å². The molecule has 2 fully saturated rings. The van der Waals surface area contributed by atoms with Crippen molar-refractivity contribution in [3.63, 3.8) is 0 Å². The fraction of sp³-hybridized carbons (Fsp3) is 0.923. The topological polar surface area (TPSA) is 58.6 Å². The lowest BCUT2D eigenvalue weighted by Gasteiger charge is -2.33. The summed E-state index contributed by atoms with van der Waals surface area (Å²) in [7, 11) is 0. The molecule has 1 unspecified atom stereocenters. The molecule has 4 heteroatoms. The third-order valence-electron chi connectivity index (χ3n) is 4.06. The van der Waals surface area contributed by atoms with Gasteiger partial charge in [0.05, 0.1) is 5.60 Å². The maximum atomic E-state index is 12.0. The maximum Gasteiger partial charge on any atom is 0.252 e. The van der Waals surface area contributed by atoms with Gasteiger partial charge in [0.15, 0.2) is 0 Å². The summed E-state index contributed by atoms with van der Waals surface area (Å²) in [5.41, 5.74) is -1.37. The number of carbonyl (C=O) groups is 1. The lowest BCUT2D eigenvalue weighted by Crippen LogP contribution is -2.50. The molecule has 0 aromatic rings. The highest BCUT2D eigenvalue weighted by molar-refractivity contribution is 5.85. The maximum absolute atomic E-state index is 12.0. The van der Waals surface area contributed by atoms with E-state index in [-0.39, 0.29) is 5.91 Å². The average molecular weight is 241 g/mol. The van der Waals surface area contributed by atoms with Gasteiger partial charge in [0, 0.05) is 13.2 Å². The van der Waals surface area contributed by atoms with Crippen LogP contribution in [0.4, 0.5) is 0 Å². The van der Waals surface area contributed by atoms with Gasteiger partial charge in [-0.3, -0.25) is 4.79 Å². The monoisotopic (exact) mass is 241 g/mol.